The van der Waals surface area contributed by atoms with Crippen molar-refractivity contribution >= 4 is 11.8 Å². The summed E-state index contributed by atoms with van der Waals surface area (Å²) < 4.78 is 24.5. The van der Waals surface area contributed by atoms with Gasteiger partial charge in [-0.3, -0.25) is 0 Å². The van der Waals surface area contributed by atoms with Gasteiger partial charge in [-0.25, -0.2) is 9.37 Å². The highest BCUT2D eigenvalue weighted by Crippen LogP contribution is 2.32. The van der Waals surface area contributed by atoms with Crippen LogP contribution in [0.25, 0.3) is 0 Å². The quantitative estimate of drug-likeness (QED) is 0.887. The van der Waals surface area contributed by atoms with Gasteiger partial charge < -0.3 is 19.7 Å². The fourth-order valence-corrected chi connectivity index (χ4v) is 3.42. The first-order valence-electron chi connectivity index (χ1n) is 9.07. The van der Waals surface area contributed by atoms with Gasteiger partial charge in [0.05, 0.1) is 13.2 Å². The van der Waals surface area contributed by atoms with E-state index in [1.165, 1.54) is 12.1 Å². The van der Waals surface area contributed by atoms with E-state index in [0.717, 1.165) is 56.2 Å². The van der Waals surface area contributed by atoms with Crippen LogP contribution in [-0.2, 0) is 15.9 Å². The first kappa shape index (κ1) is 17.2. The second-order valence-electron chi connectivity index (χ2n) is 6.64. The average Bonchev–Trinajstić information content (AvgIpc) is 3.12. The summed E-state index contributed by atoms with van der Waals surface area (Å²) in [5.74, 6) is 0.927. The molecule has 0 saturated carbocycles. The highest BCUT2D eigenvalue weighted by Gasteiger charge is 2.40. The molecule has 0 atom stereocenters. The third-order valence-corrected chi connectivity index (χ3v) is 4.90. The number of rotatable bonds is 5. The highest BCUT2D eigenvalue weighted by molar-refractivity contribution is 5.41. The van der Waals surface area contributed by atoms with Crippen molar-refractivity contribution in [2.75, 3.05) is 43.1 Å². The van der Waals surface area contributed by atoms with Crippen LogP contribution in [0.15, 0.2) is 36.5 Å². The minimum atomic E-state index is -0.387. The molecule has 2 fully saturated rings. The molecule has 1 aromatic carbocycles. The van der Waals surface area contributed by atoms with Crippen LogP contribution in [-0.4, -0.2) is 48.6 Å². The van der Waals surface area contributed by atoms with Gasteiger partial charge in [0, 0.05) is 38.7 Å². The van der Waals surface area contributed by atoms with Gasteiger partial charge in [-0.1, -0.05) is 12.1 Å². The SMILES string of the molecule is Fc1ccc(CCNc2ccnc(N3CCC4(CC3)OCCO4)n2)cc1. The van der Waals surface area contributed by atoms with Crippen LogP contribution < -0.4 is 10.2 Å². The van der Waals surface area contributed by atoms with Crippen LogP contribution in [0.1, 0.15) is 18.4 Å². The molecule has 0 amide bonds. The number of anilines is 2. The maximum atomic E-state index is 12.9. The number of ether oxygens (including phenoxy) is 2. The van der Waals surface area contributed by atoms with Gasteiger partial charge >= 0.3 is 0 Å². The van der Waals surface area contributed by atoms with E-state index < -0.39 is 0 Å². The lowest BCUT2D eigenvalue weighted by atomic mass is 10.0. The van der Waals surface area contributed by atoms with Crippen LogP contribution in [0.5, 0.6) is 0 Å². The van der Waals surface area contributed by atoms with Crippen molar-refractivity contribution in [3.63, 3.8) is 0 Å². The molecule has 6 nitrogen and oxygen atoms in total. The van der Waals surface area contributed by atoms with E-state index in [-0.39, 0.29) is 11.6 Å². The number of halogens is 1. The number of aromatic nitrogens is 2. The second kappa shape index (κ2) is 7.55. The van der Waals surface area contributed by atoms with Gasteiger partial charge in [0.15, 0.2) is 5.79 Å². The smallest absolute Gasteiger partial charge is 0.227 e. The molecule has 0 unspecified atom stereocenters. The van der Waals surface area contributed by atoms with Crippen molar-refractivity contribution < 1.29 is 13.9 Å². The normalized spacial score (nSPS) is 19.0. The summed E-state index contributed by atoms with van der Waals surface area (Å²) in [6, 6.07) is 8.44. The van der Waals surface area contributed by atoms with E-state index in [9.17, 15) is 4.39 Å². The molecule has 26 heavy (non-hydrogen) atoms. The summed E-state index contributed by atoms with van der Waals surface area (Å²) >= 11 is 0. The van der Waals surface area contributed by atoms with E-state index in [1.807, 2.05) is 6.07 Å². The van der Waals surface area contributed by atoms with Gasteiger partial charge in [0.2, 0.25) is 5.95 Å². The summed E-state index contributed by atoms with van der Waals surface area (Å²) in [5.41, 5.74) is 1.09. The molecule has 138 valence electrons. The summed E-state index contributed by atoms with van der Waals surface area (Å²) in [7, 11) is 0. The molecule has 1 N–H and O–H groups in total. The predicted molar refractivity (Wildman–Crippen MR) is 96.7 cm³/mol. The largest absolute Gasteiger partial charge is 0.370 e. The zero-order valence-corrected chi connectivity index (χ0v) is 14.7. The minimum absolute atomic E-state index is 0.209. The van der Waals surface area contributed by atoms with Crippen molar-refractivity contribution in [1.29, 1.82) is 0 Å². The number of nitrogens with one attached hydrogen (secondary N) is 1. The Morgan fingerprint density at radius 1 is 1.08 bits per heavy atom. The van der Waals surface area contributed by atoms with Crippen molar-refractivity contribution in [1.82, 2.24) is 9.97 Å². The fourth-order valence-electron chi connectivity index (χ4n) is 3.42. The topological polar surface area (TPSA) is 59.5 Å². The van der Waals surface area contributed by atoms with Gasteiger partial charge in [-0.15, -0.1) is 0 Å². The Labute approximate surface area is 152 Å². The molecule has 0 aliphatic carbocycles. The molecule has 1 aromatic heterocycles. The number of hydrogen-bond acceptors (Lipinski definition) is 6. The summed E-state index contributed by atoms with van der Waals surface area (Å²) in [4.78, 5) is 11.2. The lowest BCUT2D eigenvalue weighted by Crippen LogP contribution is -2.45. The van der Waals surface area contributed by atoms with Crippen molar-refractivity contribution in [2.24, 2.45) is 0 Å². The van der Waals surface area contributed by atoms with Crippen LogP contribution >= 0.6 is 0 Å². The van der Waals surface area contributed by atoms with Gasteiger partial charge in [0.1, 0.15) is 11.6 Å². The van der Waals surface area contributed by atoms with Crippen molar-refractivity contribution in [2.45, 2.75) is 25.0 Å². The molecule has 2 aliphatic heterocycles. The third-order valence-electron chi connectivity index (χ3n) is 4.90. The van der Waals surface area contributed by atoms with E-state index in [2.05, 4.69) is 20.2 Å². The third kappa shape index (κ3) is 3.94. The minimum Gasteiger partial charge on any atom is -0.370 e. The van der Waals surface area contributed by atoms with Crippen LogP contribution in [0, 0.1) is 5.82 Å². The van der Waals surface area contributed by atoms with E-state index in [1.54, 1.807) is 18.3 Å². The molecular formula is C19H23FN4O2. The second-order valence-corrected chi connectivity index (χ2v) is 6.64. The Kier molecular flexibility index (Phi) is 4.99. The van der Waals surface area contributed by atoms with Crippen LogP contribution in [0.2, 0.25) is 0 Å². The fraction of sp³-hybridized carbons (Fsp3) is 0.474. The zero-order chi connectivity index (χ0) is 17.8. The first-order valence-corrected chi connectivity index (χ1v) is 9.07. The number of nitrogens with zero attached hydrogens (tertiary/aromatic N) is 3. The van der Waals surface area contributed by atoms with Crippen LogP contribution in [0.3, 0.4) is 0 Å². The predicted octanol–water partition coefficient (Wildman–Crippen LogP) is 2.61. The summed E-state index contributed by atoms with van der Waals surface area (Å²) in [6.45, 7) is 3.73. The van der Waals surface area contributed by atoms with Crippen molar-refractivity contribution in [3.05, 3.63) is 47.9 Å². The first-order chi connectivity index (χ1) is 12.7. The average molecular weight is 358 g/mol. The Balaban J connectivity index is 1.31. The Bertz CT molecular complexity index is 725. The lowest BCUT2D eigenvalue weighted by molar-refractivity contribution is -0.169. The molecule has 2 aromatic rings. The number of hydrogen-bond donors (Lipinski definition) is 1. The van der Waals surface area contributed by atoms with Gasteiger partial charge in [-0.2, -0.15) is 4.98 Å². The highest BCUT2D eigenvalue weighted by atomic mass is 19.1. The van der Waals surface area contributed by atoms with Crippen molar-refractivity contribution in [3.8, 4) is 0 Å². The standard InChI is InChI=1S/C19H23FN4O2/c20-16-3-1-15(2-4-16)5-9-21-17-6-10-22-18(23-17)24-11-7-19(8-12-24)25-13-14-26-19/h1-4,6,10H,5,7-9,11-14H2,(H,21,22,23). The number of benzene rings is 1. The molecule has 0 radical (unpaired) electrons. The summed E-state index contributed by atoms with van der Waals surface area (Å²) in [5, 5.41) is 3.31. The van der Waals surface area contributed by atoms with Gasteiger partial charge in [-0.05, 0) is 30.2 Å². The number of piperidine rings is 1. The van der Waals surface area contributed by atoms with Gasteiger partial charge in [0.25, 0.3) is 0 Å². The lowest BCUT2D eigenvalue weighted by Gasteiger charge is -2.37. The Hall–Kier alpha value is -2.25. The van der Waals surface area contributed by atoms with E-state index in [4.69, 9.17) is 9.47 Å². The maximum absolute atomic E-state index is 12.9. The molecule has 1 spiro atoms. The molecule has 4 rings (SSSR count). The molecule has 2 aliphatic rings. The zero-order valence-electron chi connectivity index (χ0n) is 14.7. The van der Waals surface area contributed by atoms with E-state index >= 15 is 0 Å². The van der Waals surface area contributed by atoms with Crippen LogP contribution in [0.4, 0.5) is 16.2 Å². The molecule has 0 bridgehead atoms. The molecular weight excluding hydrogens is 335 g/mol. The molecule has 7 heteroatoms. The monoisotopic (exact) mass is 358 g/mol. The summed E-state index contributed by atoms with van der Waals surface area (Å²) in [6.07, 6.45) is 4.24. The van der Waals surface area contributed by atoms with E-state index in [0.29, 0.717) is 13.2 Å². The Morgan fingerprint density at radius 3 is 2.54 bits per heavy atom. The maximum Gasteiger partial charge on any atom is 0.227 e. The molecule has 3 heterocycles. The Morgan fingerprint density at radius 2 is 1.81 bits per heavy atom. The molecule has 2 saturated heterocycles.